The van der Waals surface area contributed by atoms with Crippen molar-refractivity contribution < 1.29 is 17.6 Å². The minimum atomic E-state index is -4.59. The van der Waals surface area contributed by atoms with Crippen LogP contribution < -0.4 is 10.9 Å². The number of aromatic amines is 1. The third-order valence-electron chi connectivity index (χ3n) is 5.13. The van der Waals surface area contributed by atoms with Gasteiger partial charge in [-0.15, -0.1) is 0 Å². The molecule has 0 unspecified atom stereocenters. The summed E-state index contributed by atoms with van der Waals surface area (Å²) >= 11 is 6.06. The van der Waals surface area contributed by atoms with Crippen molar-refractivity contribution >= 4 is 39.5 Å². The van der Waals surface area contributed by atoms with Crippen molar-refractivity contribution in [2.24, 2.45) is 0 Å². The molecule has 0 fully saturated rings. The van der Waals surface area contributed by atoms with Crippen LogP contribution in [0.4, 0.5) is 28.9 Å². The minimum Gasteiger partial charge on any atom is -0.353 e. The lowest BCUT2D eigenvalue weighted by Gasteiger charge is -2.17. The van der Waals surface area contributed by atoms with Crippen LogP contribution in [0.5, 0.6) is 0 Å². The largest absolute Gasteiger partial charge is 0.433 e. The molecule has 1 aliphatic rings. The average molecular weight is 465 g/mol. The molecule has 3 heterocycles. The van der Waals surface area contributed by atoms with Gasteiger partial charge >= 0.3 is 6.18 Å². The normalized spacial score (nSPS) is 14.6. The van der Waals surface area contributed by atoms with Crippen LogP contribution in [-0.4, -0.2) is 15.0 Å². The highest BCUT2D eigenvalue weighted by atomic mass is 35.5. The summed E-state index contributed by atoms with van der Waals surface area (Å²) in [6.45, 7) is 1.83. The van der Waals surface area contributed by atoms with Crippen LogP contribution in [0.2, 0.25) is 0 Å². The number of aryl methyl sites for hydroxylation is 1. The number of aromatic nitrogens is 3. The summed E-state index contributed by atoms with van der Waals surface area (Å²) in [5.74, 6) is -0.437. The second kappa shape index (κ2) is 8.38. The van der Waals surface area contributed by atoms with Crippen LogP contribution in [-0.2, 0) is 12.6 Å². The van der Waals surface area contributed by atoms with E-state index < -0.39 is 23.3 Å². The Bertz CT molecular complexity index is 1330. The van der Waals surface area contributed by atoms with Gasteiger partial charge in [-0.2, -0.15) is 13.2 Å². The van der Waals surface area contributed by atoms with Gasteiger partial charge in [-0.05, 0) is 37.1 Å². The van der Waals surface area contributed by atoms with Gasteiger partial charge < -0.3 is 10.3 Å². The highest BCUT2D eigenvalue weighted by Crippen LogP contribution is 2.35. The number of nitrogens with zero attached hydrogens (tertiary/aromatic N) is 2. The number of allylic oxidation sites excluding steroid dienone is 4. The fraction of sp³-hybridized carbons (Fsp3) is 0.227. The van der Waals surface area contributed by atoms with E-state index >= 15 is 0 Å². The Labute approximate surface area is 184 Å². The predicted molar refractivity (Wildman–Crippen MR) is 115 cm³/mol. The van der Waals surface area contributed by atoms with Crippen LogP contribution >= 0.6 is 11.6 Å². The molecule has 0 aliphatic heterocycles. The first-order chi connectivity index (χ1) is 15.2. The van der Waals surface area contributed by atoms with Crippen molar-refractivity contribution in [2.45, 2.75) is 32.4 Å². The third kappa shape index (κ3) is 4.25. The molecule has 0 bridgehead atoms. The summed E-state index contributed by atoms with van der Waals surface area (Å²) in [5.41, 5.74) is 0.293. The third-order valence-corrected chi connectivity index (χ3v) is 5.43. The summed E-state index contributed by atoms with van der Waals surface area (Å²) in [6, 6.07) is 3.97. The van der Waals surface area contributed by atoms with Crippen molar-refractivity contribution in [3.05, 3.63) is 74.8 Å². The summed E-state index contributed by atoms with van der Waals surface area (Å²) in [5, 5.41) is 3.94. The first kappa shape index (κ1) is 22.0. The summed E-state index contributed by atoms with van der Waals surface area (Å²) in [7, 11) is 0. The SMILES string of the molecule is CCc1[nH]c(=O)c(C2=C(F)CCC(Cl)=C2)cc1Nc1ccnc2cc(C(F)(F)F)ncc12. The topological polar surface area (TPSA) is 70.7 Å². The average Bonchev–Trinajstić information content (AvgIpc) is 2.75. The second-order valence-electron chi connectivity index (χ2n) is 7.24. The van der Waals surface area contributed by atoms with E-state index in [1.165, 1.54) is 18.3 Å². The van der Waals surface area contributed by atoms with Gasteiger partial charge in [-0.3, -0.25) is 14.8 Å². The van der Waals surface area contributed by atoms with Gasteiger partial charge in [0.15, 0.2) is 0 Å². The number of hydrogen-bond acceptors (Lipinski definition) is 4. The Morgan fingerprint density at radius 1 is 1.19 bits per heavy atom. The van der Waals surface area contributed by atoms with E-state index in [0.29, 0.717) is 40.3 Å². The number of nitrogens with one attached hydrogen (secondary N) is 2. The van der Waals surface area contributed by atoms with Crippen molar-refractivity contribution in [2.75, 3.05) is 5.32 Å². The Balaban J connectivity index is 1.81. The van der Waals surface area contributed by atoms with Gasteiger partial charge in [-0.1, -0.05) is 18.5 Å². The summed E-state index contributed by atoms with van der Waals surface area (Å²) < 4.78 is 53.4. The van der Waals surface area contributed by atoms with E-state index in [-0.39, 0.29) is 23.1 Å². The molecule has 0 saturated carbocycles. The molecule has 166 valence electrons. The maximum Gasteiger partial charge on any atom is 0.433 e. The van der Waals surface area contributed by atoms with E-state index in [2.05, 4.69) is 20.3 Å². The van der Waals surface area contributed by atoms with Gasteiger partial charge in [-0.25, -0.2) is 4.39 Å². The smallest absolute Gasteiger partial charge is 0.353 e. The van der Waals surface area contributed by atoms with Crippen molar-refractivity contribution in [1.29, 1.82) is 0 Å². The van der Waals surface area contributed by atoms with Crippen molar-refractivity contribution in [1.82, 2.24) is 15.0 Å². The van der Waals surface area contributed by atoms with Gasteiger partial charge in [0, 0.05) is 40.5 Å². The molecule has 3 aromatic heterocycles. The van der Waals surface area contributed by atoms with Crippen LogP contribution in [0.3, 0.4) is 0 Å². The summed E-state index contributed by atoms with van der Waals surface area (Å²) in [6.07, 6.45) is 0.231. The van der Waals surface area contributed by atoms with Gasteiger partial charge in [0.25, 0.3) is 5.56 Å². The van der Waals surface area contributed by atoms with E-state index in [4.69, 9.17) is 11.6 Å². The molecule has 3 aromatic rings. The van der Waals surface area contributed by atoms with Crippen LogP contribution in [0.15, 0.2) is 52.3 Å². The standard InChI is InChI=1S/C22H17ClF4N4O/c1-2-16-19(8-13(21(32)31-16)12-7-11(23)3-4-15(12)24)30-17-5-6-28-18-9-20(22(25,26)27)29-10-14(17)18/h5-10H,2-4H2,1H3,(H,28,30)(H,31,32). The molecular formula is C22H17ClF4N4O. The lowest BCUT2D eigenvalue weighted by Crippen LogP contribution is -2.16. The first-order valence-corrected chi connectivity index (χ1v) is 10.2. The molecule has 32 heavy (non-hydrogen) atoms. The zero-order valence-electron chi connectivity index (χ0n) is 16.8. The molecule has 4 rings (SSSR count). The molecule has 10 heteroatoms. The lowest BCUT2D eigenvalue weighted by atomic mass is 9.98. The fourth-order valence-corrected chi connectivity index (χ4v) is 3.71. The zero-order valence-corrected chi connectivity index (χ0v) is 17.5. The number of pyridine rings is 3. The number of halogens is 5. The number of anilines is 2. The highest BCUT2D eigenvalue weighted by molar-refractivity contribution is 6.30. The van der Waals surface area contributed by atoms with Crippen LogP contribution in [0.25, 0.3) is 16.5 Å². The van der Waals surface area contributed by atoms with Crippen molar-refractivity contribution in [3.8, 4) is 0 Å². The van der Waals surface area contributed by atoms with Gasteiger partial charge in [0.1, 0.15) is 11.5 Å². The Morgan fingerprint density at radius 3 is 2.69 bits per heavy atom. The molecular weight excluding hydrogens is 448 g/mol. The van der Waals surface area contributed by atoms with E-state index in [1.807, 2.05) is 6.92 Å². The molecule has 0 spiro atoms. The maximum atomic E-state index is 14.5. The van der Waals surface area contributed by atoms with E-state index in [0.717, 1.165) is 12.3 Å². The van der Waals surface area contributed by atoms with E-state index in [1.54, 1.807) is 6.07 Å². The predicted octanol–water partition coefficient (Wildman–Crippen LogP) is 6.24. The van der Waals surface area contributed by atoms with E-state index in [9.17, 15) is 22.4 Å². The quantitative estimate of drug-likeness (QED) is 0.448. The molecule has 0 amide bonds. The van der Waals surface area contributed by atoms with Gasteiger partial charge in [0.2, 0.25) is 0 Å². The molecule has 5 nitrogen and oxygen atoms in total. The lowest BCUT2D eigenvalue weighted by molar-refractivity contribution is -0.141. The number of rotatable bonds is 4. The molecule has 0 saturated heterocycles. The number of fused-ring (bicyclic) bond motifs is 1. The molecule has 0 radical (unpaired) electrons. The van der Waals surface area contributed by atoms with Crippen LogP contribution in [0, 0.1) is 0 Å². The Kier molecular flexibility index (Phi) is 5.77. The number of alkyl halides is 3. The Hall–Kier alpha value is -3.20. The number of H-pyrrole nitrogens is 1. The molecule has 2 N–H and O–H groups in total. The Morgan fingerprint density at radius 2 is 1.97 bits per heavy atom. The summed E-state index contributed by atoms with van der Waals surface area (Å²) in [4.78, 5) is 22.9. The highest BCUT2D eigenvalue weighted by Gasteiger charge is 2.32. The van der Waals surface area contributed by atoms with Crippen molar-refractivity contribution in [3.63, 3.8) is 0 Å². The number of hydrogen-bond donors (Lipinski definition) is 2. The molecule has 0 atom stereocenters. The maximum absolute atomic E-state index is 14.5. The van der Waals surface area contributed by atoms with Gasteiger partial charge in [0.05, 0.1) is 22.5 Å². The first-order valence-electron chi connectivity index (χ1n) is 9.77. The fourth-order valence-electron chi connectivity index (χ4n) is 3.50. The zero-order chi connectivity index (χ0) is 23.0. The second-order valence-corrected chi connectivity index (χ2v) is 7.72. The van der Waals surface area contributed by atoms with Crippen LogP contribution in [0.1, 0.15) is 36.7 Å². The molecule has 1 aliphatic carbocycles. The minimum absolute atomic E-state index is 0.102. The molecule has 0 aromatic carbocycles. The monoisotopic (exact) mass is 464 g/mol.